The van der Waals surface area contributed by atoms with Gasteiger partial charge in [-0.3, -0.25) is 0 Å². The van der Waals surface area contributed by atoms with Gasteiger partial charge in [-0.1, -0.05) is 0 Å². The molecule has 1 aliphatic carbocycles. The molecule has 3 heterocycles. The van der Waals surface area contributed by atoms with Crippen molar-refractivity contribution in [3.05, 3.63) is 100 Å². The van der Waals surface area contributed by atoms with Crippen LogP contribution in [-0.2, 0) is 0 Å². The maximum absolute atomic E-state index is 12.7. The van der Waals surface area contributed by atoms with Gasteiger partial charge in [0.25, 0.3) is 0 Å². The van der Waals surface area contributed by atoms with Gasteiger partial charge in [0.1, 0.15) is 0 Å². The summed E-state index contributed by atoms with van der Waals surface area (Å²) >= 11 is -0.0470. The SMILES string of the molecule is O=C1C(=Cc2ccc(-n3c4ccccc4c4cccnc43)[se]2)C(=O)c2ccccc21. The van der Waals surface area contributed by atoms with Crippen molar-refractivity contribution in [1.82, 2.24) is 9.55 Å². The van der Waals surface area contributed by atoms with E-state index >= 15 is 0 Å². The number of nitrogens with zero attached hydrogens (tertiary/aromatic N) is 2. The summed E-state index contributed by atoms with van der Waals surface area (Å²) in [5.74, 6) is -0.362. The van der Waals surface area contributed by atoms with Gasteiger partial charge >= 0.3 is 178 Å². The molecule has 5 aromatic rings. The van der Waals surface area contributed by atoms with Crippen molar-refractivity contribution in [1.29, 1.82) is 0 Å². The molecule has 0 atom stereocenters. The van der Waals surface area contributed by atoms with Crippen molar-refractivity contribution >= 4 is 54.1 Å². The molecule has 1 aliphatic rings. The third-order valence-electron chi connectivity index (χ3n) is 5.46. The van der Waals surface area contributed by atoms with Gasteiger partial charge in [0.15, 0.2) is 0 Å². The topological polar surface area (TPSA) is 52.0 Å². The number of allylic oxidation sites excluding steroid dienone is 1. The zero-order chi connectivity index (χ0) is 20.2. The van der Waals surface area contributed by atoms with Gasteiger partial charge in [0.2, 0.25) is 0 Å². The standard InChI is InChI=1S/C25H14N2O2Se/c28-23-17-7-1-2-8-18(17)24(29)20(23)14-15-11-12-22(30-15)27-21-10-4-3-6-16(21)19-9-5-13-26-25(19)27/h1-14H. The van der Waals surface area contributed by atoms with E-state index in [4.69, 9.17) is 0 Å². The Kier molecular flexibility index (Phi) is 3.75. The first-order valence-corrected chi connectivity index (χ1v) is 11.3. The molecular weight excluding hydrogens is 439 g/mol. The van der Waals surface area contributed by atoms with Crippen molar-refractivity contribution in [3.8, 4) is 4.56 Å². The Morgan fingerprint density at radius 3 is 2.27 bits per heavy atom. The van der Waals surface area contributed by atoms with Crippen LogP contribution in [0.25, 0.3) is 32.6 Å². The Bertz CT molecular complexity index is 1450. The Balaban J connectivity index is 1.49. The average Bonchev–Trinajstić information content (AvgIpc) is 3.44. The number of carbonyl (C=O) groups excluding carboxylic acids is 2. The Morgan fingerprint density at radius 2 is 1.47 bits per heavy atom. The van der Waals surface area contributed by atoms with Gasteiger partial charge in [0, 0.05) is 0 Å². The molecule has 0 unspecified atom stereocenters. The van der Waals surface area contributed by atoms with Crippen molar-refractivity contribution in [2.45, 2.75) is 0 Å². The number of para-hydroxylation sites is 1. The van der Waals surface area contributed by atoms with Crippen LogP contribution in [0.1, 0.15) is 25.2 Å². The minimum absolute atomic E-state index is 0.0470. The molecule has 0 amide bonds. The van der Waals surface area contributed by atoms with Crippen LogP contribution >= 0.6 is 0 Å². The Morgan fingerprint density at radius 1 is 0.767 bits per heavy atom. The summed E-state index contributed by atoms with van der Waals surface area (Å²) in [4.78, 5) is 30.1. The van der Waals surface area contributed by atoms with E-state index in [-0.39, 0.29) is 31.6 Å². The molecular formula is C25H14N2O2Se. The zero-order valence-corrected chi connectivity index (χ0v) is 17.4. The normalized spacial score (nSPS) is 13.4. The van der Waals surface area contributed by atoms with Crippen LogP contribution in [0.2, 0.25) is 0 Å². The summed E-state index contributed by atoms with van der Waals surface area (Å²) in [6, 6.07) is 23.4. The molecule has 5 heteroatoms. The molecule has 0 saturated carbocycles. The molecule has 0 aliphatic heterocycles. The van der Waals surface area contributed by atoms with Gasteiger partial charge in [-0.2, -0.15) is 0 Å². The Labute approximate surface area is 177 Å². The number of fused-ring (bicyclic) bond motifs is 4. The van der Waals surface area contributed by atoms with Crippen LogP contribution in [0.3, 0.4) is 0 Å². The molecule has 2 aromatic carbocycles. The monoisotopic (exact) mass is 454 g/mol. The Hall–Kier alpha value is -3.53. The van der Waals surface area contributed by atoms with E-state index in [0.717, 1.165) is 25.5 Å². The maximum atomic E-state index is 12.7. The minimum atomic E-state index is -0.181. The quantitative estimate of drug-likeness (QED) is 0.221. The van der Waals surface area contributed by atoms with E-state index in [1.54, 1.807) is 30.3 Å². The second-order valence-electron chi connectivity index (χ2n) is 7.16. The van der Waals surface area contributed by atoms with E-state index in [2.05, 4.69) is 33.8 Å². The summed E-state index contributed by atoms with van der Waals surface area (Å²) in [6.07, 6.45) is 3.58. The van der Waals surface area contributed by atoms with Crippen LogP contribution < -0.4 is 0 Å². The number of hydrogen-bond acceptors (Lipinski definition) is 3. The van der Waals surface area contributed by atoms with Crippen LogP contribution in [-0.4, -0.2) is 35.6 Å². The van der Waals surface area contributed by atoms with E-state index < -0.39 is 0 Å². The van der Waals surface area contributed by atoms with Crippen LogP contribution in [0, 0.1) is 0 Å². The number of rotatable bonds is 2. The van der Waals surface area contributed by atoms with Crippen molar-refractivity contribution in [2.75, 3.05) is 0 Å². The molecule has 142 valence electrons. The first-order valence-electron chi connectivity index (χ1n) is 9.57. The number of ketones is 2. The molecule has 0 bridgehead atoms. The van der Waals surface area contributed by atoms with Gasteiger partial charge in [-0.25, -0.2) is 0 Å². The number of carbonyl (C=O) groups is 2. The first-order chi connectivity index (χ1) is 14.7. The molecule has 0 radical (unpaired) electrons. The van der Waals surface area contributed by atoms with Crippen molar-refractivity contribution in [3.63, 3.8) is 0 Å². The van der Waals surface area contributed by atoms with Crippen LogP contribution in [0.4, 0.5) is 0 Å². The molecule has 0 saturated heterocycles. The number of benzene rings is 2. The molecule has 30 heavy (non-hydrogen) atoms. The van der Waals surface area contributed by atoms with Crippen molar-refractivity contribution in [2.24, 2.45) is 0 Å². The van der Waals surface area contributed by atoms with E-state index in [0.29, 0.717) is 11.1 Å². The molecule has 3 aromatic heterocycles. The summed E-state index contributed by atoms with van der Waals surface area (Å²) < 4.78 is 4.33. The second kappa shape index (κ2) is 6.49. The summed E-state index contributed by atoms with van der Waals surface area (Å²) in [6.45, 7) is 0. The fourth-order valence-corrected chi connectivity index (χ4v) is 6.13. The molecule has 6 rings (SSSR count). The fourth-order valence-electron chi connectivity index (χ4n) is 4.10. The molecule has 4 nitrogen and oxygen atoms in total. The summed E-state index contributed by atoms with van der Waals surface area (Å²) in [7, 11) is 0. The third kappa shape index (κ3) is 2.43. The molecule has 0 fully saturated rings. The summed E-state index contributed by atoms with van der Waals surface area (Å²) in [5, 5.41) is 2.29. The number of pyridine rings is 1. The van der Waals surface area contributed by atoms with Gasteiger partial charge in [0.05, 0.1) is 0 Å². The van der Waals surface area contributed by atoms with Gasteiger partial charge in [-0.15, -0.1) is 0 Å². The third-order valence-corrected chi connectivity index (χ3v) is 7.59. The zero-order valence-electron chi connectivity index (χ0n) is 15.7. The molecule has 0 spiro atoms. The fraction of sp³-hybridized carbons (Fsp3) is 0. The predicted octanol–water partition coefficient (Wildman–Crippen LogP) is 4.70. The average molecular weight is 453 g/mol. The second-order valence-corrected chi connectivity index (χ2v) is 9.46. The number of Topliss-reactive ketones (excluding diaryl/α,β-unsaturated/α-hetero) is 2. The number of aromatic nitrogens is 2. The van der Waals surface area contributed by atoms with Gasteiger partial charge in [-0.05, 0) is 0 Å². The van der Waals surface area contributed by atoms with E-state index in [1.165, 1.54) is 5.39 Å². The van der Waals surface area contributed by atoms with Gasteiger partial charge < -0.3 is 0 Å². The van der Waals surface area contributed by atoms with E-state index in [1.807, 2.05) is 30.5 Å². The van der Waals surface area contributed by atoms with Crippen LogP contribution in [0.15, 0.2) is 84.6 Å². The first kappa shape index (κ1) is 17.3. The predicted molar refractivity (Wildman–Crippen MR) is 119 cm³/mol. The summed E-state index contributed by atoms with van der Waals surface area (Å²) in [5.41, 5.74) is 3.30. The molecule has 0 N–H and O–H groups in total. The van der Waals surface area contributed by atoms with Crippen molar-refractivity contribution < 1.29 is 9.59 Å². The van der Waals surface area contributed by atoms with E-state index in [9.17, 15) is 9.59 Å². The van der Waals surface area contributed by atoms with Crippen LogP contribution in [0.5, 0.6) is 0 Å². The number of hydrogen-bond donors (Lipinski definition) is 0.